The molecule has 1 aliphatic rings. The predicted molar refractivity (Wildman–Crippen MR) is 81.6 cm³/mol. The maximum absolute atomic E-state index is 12.3. The molecule has 1 aromatic carbocycles. The Morgan fingerprint density at radius 3 is 2.27 bits per heavy atom. The average Bonchev–Trinajstić information content (AvgIpc) is 3.04. The van der Waals surface area contributed by atoms with Crippen LogP contribution in [0.25, 0.3) is 0 Å². The molecule has 1 aromatic rings. The Balaban J connectivity index is 1.93. The maximum Gasteiger partial charge on any atom is 0.269 e. The minimum atomic E-state index is -0.601. The Morgan fingerprint density at radius 1 is 1.05 bits per heavy atom. The van der Waals surface area contributed by atoms with Crippen LogP contribution in [0.1, 0.15) is 43.0 Å². The van der Waals surface area contributed by atoms with E-state index in [0.717, 1.165) is 25.7 Å². The van der Waals surface area contributed by atoms with Crippen molar-refractivity contribution in [3.05, 3.63) is 35.9 Å². The molecule has 0 spiro atoms. The van der Waals surface area contributed by atoms with Crippen molar-refractivity contribution in [2.24, 2.45) is 5.92 Å². The fourth-order valence-corrected chi connectivity index (χ4v) is 2.76. The zero-order chi connectivity index (χ0) is 15.9. The highest BCUT2D eigenvalue weighted by molar-refractivity contribution is 5.96. The summed E-state index contributed by atoms with van der Waals surface area (Å²) in [7, 11) is 0. The van der Waals surface area contributed by atoms with Crippen LogP contribution >= 0.6 is 0 Å². The second-order valence-electron chi connectivity index (χ2n) is 5.53. The van der Waals surface area contributed by atoms with E-state index < -0.39 is 6.04 Å². The molecular formula is C16H21N3O3. The molecule has 0 bridgehead atoms. The molecule has 22 heavy (non-hydrogen) atoms. The number of hydrogen-bond acceptors (Lipinski definition) is 3. The van der Waals surface area contributed by atoms with Gasteiger partial charge in [-0.05, 0) is 30.9 Å². The van der Waals surface area contributed by atoms with Crippen molar-refractivity contribution < 1.29 is 14.4 Å². The van der Waals surface area contributed by atoms with Crippen LogP contribution in [0.5, 0.6) is 0 Å². The molecule has 1 atom stereocenters. The molecule has 0 saturated heterocycles. The molecule has 0 aliphatic heterocycles. The number of rotatable bonds is 4. The molecule has 6 nitrogen and oxygen atoms in total. The topological polar surface area (TPSA) is 87.3 Å². The lowest BCUT2D eigenvalue weighted by Crippen LogP contribution is -2.54. The van der Waals surface area contributed by atoms with E-state index >= 15 is 0 Å². The molecule has 0 heterocycles. The first-order chi connectivity index (χ1) is 10.6. The van der Waals surface area contributed by atoms with Gasteiger partial charge in [0.1, 0.15) is 6.04 Å². The van der Waals surface area contributed by atoms with Gasteiger partial charge in [-0.25, -0.2) is 0 Å². The van der Waals surface area contributed by atoms with Crippen LogP contribution in [0.2, 0.25) is 0 Å². The van der Waals surface area contributed by atoms with Gasteiger partial charge in [0.2, 0.25) is 5.91 Å². The Hall–Kier alpha value is -2.37. The third-order valence-corrected chi connectivity index (χ3v) is 3.85. The van der Waals surface area contributed by atoms with Crippen LogP contribution in [0, 0.1) is 5.92 Å². The highest BCUT2D eigenvalue weighted by Crippen LogP contribution is 2.27. The van der Waals surface area contributed by atoms with Crippen molar-refractivity contribution in [2.45, 2.75) is 38.6 Å². The third-order valence-electron chi connectivity index (χ3n) is 3.85. The number of benzene rings is 1. The predicted octanol–water partition coefficient (Wildman–Crippen LogP) is 1.14. The molecule has 6 heteroatoms. The van der Waals surface area contributed by atoms with Crippen LogP contribution in [-0.2, 0) is 9.59 Å². The molecule has 118 valence electrons. The van der Waals surface area contributed by atoms with Gasteiger partial charge >= 0.3 is 0 Å². The Labute approximate surface area is 129 Å². The highest BCUT2D eigenvalue weighted by atomic mass is 16.2. The van der Waals surface area contributed by atoms with Gasteiger partial charge in [-0.1, -0.05) is 31.0 Å². The molecule has 2 rings (SSSR count). The van der Waals surface area contributed by atoms with E-state index in [2.05, 4.69) is 16.2 Å². The van der Waals surface area contributed by atoms with E-state index in [4.69, 9.17) is 0 Å². The summed E-state index contributed by atoms with van der Waals surface area (Å²) in [4.78, 5) is 35.5. The van der Waals surface area contributed by atoms with E-state index in [1.807, 2.05) is 6.07 Å². The minimum absolute atomic E-state index is 0.123. The molecule has 1 saturated carbocycles. The summed E-state index contributed by atoms with van der Waals surface area (Å²) in [6.45, 7) is 1.39. The van der Waals surface area contributed by atoms with Crippen LogP contribution in [0.15, 0.2) is 30.3 Å². The standard InChI is InChI=1S/C16H21N3O3/c1-11(20)17-14(12-7-5-6-8-12)16(22)19-18-15(21)13-9-3-2-4-10-13/h2-4,9-10,12,14H,5-8H2,1H3,(H,17,20)(H,18,21)(H,19,22). The second kappa shape index (κ2) is 7.59. The number of nitrogens with one attached hydrogen (secondary N) is 3. The lowest BCUT2D eigenvalue weighted by molar-refractivity contribution is -0.129. The highest BCUT2D eigenvalue weighted by Gasteiger charge is 2.31. The summed E-state index contributed by atoms with van der Waals surface area (Å²) < 4.78 is 0. The summed E-state index contributed by atoms with van der Waals surface area (Å²) in [6, 6.07) is 8.01. The Bertz CT molecular complexity index is 539. The molecule has 0 radical (unpaired) electrons. The minimum Gasteiger partial charge on any atom is -0.344 e. The van der Waals surface area contributed by atoms with Crippen molar-refractivity contribution in [1.29, 1.82) is 0 Å². The molecule has 3 N–H and O–H groups in total. The lowest BCUT2D eigenvalue weighted by Gasteiger charge is -2.23. The first kappa shape index (κ1) is 16.0. The largest absolute Gasteiger partial charge is 0.344 e. The van der Waals surface area contributed by atoms with E-state index in [1.54, 1.807) is 24.3 Å². The van der Waals surface area contributed by atoms with Gasteiger partial charge in [-0.2, -0.15) is 0 Å². The first-order valence-electron chi connectivity index (χ1n) is 7.50. The summed E-state index contributed by atoms with van der Waals surface area (Å²) in [6.07, 6.45) is 3.94. The normalized spacial score (nSPS) is 15.9. The van der Waals surface area contributed by atoms with Crippen molar-refractivity contribution in [3.63, 3.8) is 0 Å². The van der Waals surface area contributed by atoms with Crippen molar-refractivity contribution in [2.75, 3.05) is 0 Å². The average molecular weight is 303 g/mol. The van der Waals surface area contributed by atoms with E-state index in [9.17, 15) is 14.4 Å². The molecule has 3 amide bonds. The zero-order valence-corrected chi connectivity index (χ0v) is 12.6. The molecule has 1 fully saturated rings. The van der Waals surface area contributed by atoms with Crippen molar-refractivity contribution in [1.82, 2.24) is 16.2 Å². The van der Waals surface area contributed by atoms with Gasteiger partial charge in [0.05, 0.1) is 0 Å². The van der Waals surface area contributed by atoms with Gasteiger partial charge in [0.25, 0.3) is 11.8 Å². The Kier molecular flexibility index (Phi) is 5.52. The number of amides is 3. The smallest absolute Gasteiger partial charge is 0.269 e. The van der Waals surface area contributed by atoms with E-state index in [0.29, 0.717) is 5.56 Å². The fourth-order valence-electron chi connectivity index (χ4n) is 2.76. The van der Waals surface area contributed by atoms with E-state index in [-0.39, 0.29) is 23.6 Å². The Morgan fingerprint density at radius 2 is 1.68 bits per heavy atom. The van der Waals surface area contributed by atoms with Crippen LogP contribution in [0.4, 0.5) is 0 Å². The van der Waals surface area contributed by atoms with Gasteiger partial charge in [0, 0.05) is 12.5 Å². The van der Waals surface area contributed by atoms with Crippen LogP contribution in [0.3, 0.4) is 0 Å². The van der Waals surface area contributed by atoms with Gasteiger partial charge in [0.15, 0.2) is 0 Å². The molecule has 0 aromatic heterocycles. The van der Waals surface area contributed by atoms with Gasteiger partial charge < -0.3 is 5.32 Å². The number of hydrazine groups is 1. The third kappa shape index (κ3) is 4.31. The zero-order valence-electron chi connectivity index (χ0n) is 12.6. The summed E-state index contributed by atoms with van der Waals surface area (Å²) in [5.74, 6) is -0.896. The molecule has 1 aliphatic carbocycles. The van der Waals surface area contributed by atoms with Crippen molar-refractivity contribution >= 4 is 17.7 Å². The lowest BCUT2D eigenvalue weighted by atomic mass is 9.97. The van der Waals surface area contributed by atoms with Crippen LogP contribution < -0.4 is 16.2 Å². The number of carbonyl (C=O) groups excluding carboxylic acids is 3. The monoisotopic (exact) mass is 303 g/mol. The summed E-state index contributed by atoms with van der Waals surface area (Å²) >= 11 is 0. The fraction of sp³-hybridized carbons (Fsp3) is 0.438. The molecule has 1 unspecified atom stereocenters. The van der Waals surface area contributed by atoms with Crippen molar-refractivity contribution in [3.8, 4) is 0 Å². The summed E-state index contributed by atoms with van der Waals surface area (Å²) in [5, 5.41) is 2.68. The quantitative estimate of drug-likeness (QED) is 0.729. The number of carbonyl (C=O) groups is 3. The van der Waals surface area contributed by atoms with Gasteiger partial charge in [-0.3, -0.25) is 25.2 Å². The first-order valence-corrected chi connectivity index (χ1v) is 7.50. The summed E-state index contributed by atoms with van der Waals surface area (Å²) in [5.41, 5.74) is 5.25. The second-order valence-corrected chi connectivity index (χ2v) is 5.53. The van der Waals surface area contributed by atoms with E-state index in [1.165, 1.54) is 6.92 Å². The van der Waals surface area contributed by atoms with Gasteiger partial charge in [-0.15, -0.1) is 0 Å². The van der Waals surface area contributed by atoms with Crippen LogP contribution in [-0.4, -0.2) is 23.8 Å². The SMILES string of the molecule is CC(=O)NC(C(=O)NNC(=O)c1ccccc1)C1CCCC1. The molecular weight excluding hydrogens is 282 g/mol. The maximum atomic E-state index is 12.3. The number of hydrogen-bond donors (Lipinski definition) is 3.